The Labute approximate surface area is 110 Å². The molecule has 0 aliphatic rings. The Morgan fingerprint density at radius 2 is 1.67 bits per heavy atom. The van der Waals surface area contributed by atoms with Gasteiger partial charge in [0.2, 0.25) is 0 Å². The van der Waals surface area contributed by atoms with Crippen molar-refractivity contribution >= 4 is 0 Å². The van der Waals surface area contributed by atoms with Gasteiger partial charge in [-0.15, -0.1) is 0 Å². The molecule has 2 unspecified atom stereocenters. The molecule has 2 atom stereocenters. The monoisotopic (exact) mass is 267 g/mol. The highest BCUT2D eigenvalue weighted by Crippen LogP contribution is 2.31. The third-order valence-electron chi connectivity index (χ3n) is 3.58. The first kappa shape index (κ1) is 17.8. The van der Waals surface area contributed by atoms with Crippen molar-refractivity contribution < 1.29 is 13.2 Å². The van der Waals surface area contributed by atoms with Gasteiger partial charge in [0.05, 0.1) is 0 Å². The summed E-state index contributed by atoms with van der Waals surface area (Å²) in [6.45, 7) is 11.4. The SMILES string of the molecule is CCCNC(CCC(F)(F)F)CC(C)C(C)(C)C. The Morgan fingerprint density at radius 1 is 1.11 bits per heavy atom. The molecule has 0 aromatic heterocycles. The molecule has 110 valence electrons. The van der Waals surface area contributed by atoms with E-state index in [0.29, 0.717) is 5.92 Å². The average molecular weight is 267 g/mol. The Bertz CT molecular complexity index is 218. The second-order valence-corrected chi connectivity index (χ2v) is 6.31. The molecular formula is C14H28F3N. The molecule has 0 saturated carbocycles. The predicted molar refractivity (Wildman–Crippen MR) is 70.6 cm³/mol. The highest BCUT2D eigenvalue weighted by Gasteiger charge is 2.30. The molecule has 0 amide bonds. The molecule has 0 aromatic rings. The number of rotatable bonds is 7. The summed E-state index contributed by atoms with van der Waals surface area (Å²) in [6, 6.07) is -0.0270. The maximum absolute atomic E-state index is 12.3. The van der Waals surface area contributed by atoms with Crippen LogP contribution < -0.4 is 5.32 Å². The Balaban J connectivity index is 4.31. The number of alkyl halides is 3. The molecule has 0 heterocycles. The zero-order valence-electron chi connectivity index (χ0n) is 12.3. The lowest BCUT2D eigenvalue weighted by Gasteiger charge is -2.31. The first-order valence-electron chi connectivity index (χ1n) is 6.86. The van der Waals surface area contributed by atoms with Crippen molar-refractivity contribution in [3.05, 3.63) is 0 Å². The lowest BCUT2D eigenvalue weighted by atomic mass is 9.78. The van der Waals surface area contributed by atoms with E-state index in [4.69, 9.17) is 0 Å². The number of hydrogen-bond acceptors (Lipinski definition) is 1. The zero-order chi connectivity index (χ0) is 14.4. The van der Waals surface area contributed by atoms with Crippen LogP contribution in [0.3, 0.4) is 0 Å². The average Bonchev–Trinajstić information content (AvgIpc) is 2.19. The fourth-order valence-electron chi connectivity index (χ4n) is 1.77. The Kier molecular flexibility index (Phi) is 7.26. The molecule has 0 bridgehead atoms. The van der Waals surface area contributed by atoms with Crippen LogP contribution in [0.5, 0.6) is 0 Å². The Morgan fingerprint density at radius 3 is 2.06 bits per heavy atom. The van der Waals surface area contributed by atoms with Crippen molar-refractivity contribution in [3.8, 4) is 0 Å². The smallest absolute Gasteiger partial charge is 0.314 e. The maximum atomic E-state index is 12.3. The zero-order valence-corrected chi connectivity index (χ0v) is 12.3. The molecular weight excluding hydrogens is 239 g/mol. The van der Waals surface area contributed by atoms with Crippen molar-refractivity contribution in [2.24, 2.45) is 11.3 Å². The molecule has 18 heavy (non-hydrogen) atoms. The standard InChI is InChI=1S/C14H28F3N/c1-6-9-18-12(7-8-14(15,16)17)10-11(2)13(3,4)5/h11-12,18H,6-10H2,1-5H3. The summed E-state index contributed by atoms with van der Waals surface area (Å²) in [5.74, 6) is 0.403. The van der Waals surface area contributed by atoms with Crippen molar-refractivity contribution in [2.45, 2.75) is 72.5 Å². The summed E-state index contributed by atoms with van der Waals surface area (Å²) in [5.41, 5.74) is 0.143. The van der Waals surface area contributed by atoms with Gasteiger partial charge in [0.15, 0.2) is 0 Å². The van der Waals surface area contributed by atoms with Gasteiger partial charge in [0, 0.05) is 12.5 Å². The van der Waals surface area contributed by atoms with E-state index < -0.39 is 12.6 Å². The maximum Gasteiger partial charge on any atom is 0.389 e. The van der Waals surface area contributed by atoms with Crippen LogP contribution in [0.15, 0.2) is 0 Å². The number of hydrogen-bond donors (Lipinski definition) is 1. The minimum atomic E-state index is -4.04. The van der Waals surface area contributed by atoms with Gasteiger partial charge in [-0.3, -0.25) is 0 Å². The molecule has 1 N–H and O–H groups in total. The molecule has 0 aliphatic heterocycles. The Hall–Kier alpha value is -0.250. The summed E-state index contributed by atoms with van der Waals surface area (Å²) < 4.78 is 36.8. The van der Waals surface area contributed by atoms with Crippen LogP contribution in [0.2, 0.25) is 0 Å². The molecule has 0 aromatic carbocycles. The normalized spacial score (nSPS) is 16.7. The summed E-state index contributed by atoms with van der Waals surface area (Å²) in [6.07, 6.45) is -2.79. The number of nitrogens with one attached hydrogen (secondary N) is 1. The van der Waals surface area contributed by atoms with E-state index in [-0.39, 0.29) is 17.9 Å². The van der Waals surface area contributed by atoms with Crippen LogP contribution in [-0.4, -0.2) is 18.8 Å². The van der Waals surface area contributed by atoms with Crippen LogP contribution in [0.4, 0.5) is 13.2 Å². The second-order valence-electron chi connectivity index (χ2n) is 6.31. The fraction of sp³-hybridized carbons (Fsp3) is 1.00. The lowest BCUT2D eigenvalue weighted by Crippen LogP contribution is -2.35. The van der Waals surface area contributed by atoms with Crippen molar-refractivity contribution in [1.29, 1.82) is 0 Å². The quantitative estimate of drug-likeness (QED) is 0.700. The van der Waals surface area contributed by atoms with Gasteiger partial charge in [0.1, 0.15) is 0 Å². The van der Waals surface area contributed by atoms with E-state index in [2.05, 4.69) is 33.0 Å². The lowest BCUT2D eigenvalue weighted by molar-refractivity contribution is -0.136. The van der Waals surface area contributed by atoms with Crippen molar-refractivity contribution in [2.75, 3.05) is 6.54 Å². The molecule has 0 saturated heterocycles. The van der Waals surface area contributed by atoms with E-state index in [9.17, 15) is 13.2 Å². The van der Waals surface area contributed by atoms with Crippen LogP contribution in [0, 0.1) is 11.3 Å². The molecule has 0 rings (SSSR count). The third-order valence-corrected chi connectivity index (χ3v) is 3.58. The molecule has 1 nitrogen and oxygen atoms in total. The summed E-state index contributed by atoms with van der Waals surface area (Å²) in [5, 5.41) is 3.24. The van der Waals surface area contributed by atoms with Gasteiger partial charge in [-0.25, -0.2) is 0 Å². The first-order chi connectivity index (χ1) is 8.06. The highest BCUT2D eigenvalue weighted by molar-refractivity contribution is 4.77. The van der Waals surface area contributed by atoms with Crippen molar-refractivity contribution in [1.82, 2.24) is 5.32 Å². The second kappa shape index (κ2) is 7.37. The highest BCUT2D eigenvalue weighted by atomic mass is 19.4. The molecule has 0 spiro atoms. The van der Waals surface area contributed by atoms with E-state index >= 15 is 0 Å². The predicted octanol–water partition coefficient (Wildman–Crippen LogP) is 4.77. The van der Waals surface area contributed by atoms with Gasteiger partial charge in [-0.05, 0) is 37.1 Å². The van der Waals surface area contributed by atoms with Crippen LogP contribution in [0.1, 0.15) is 60.3 Å². The van der Waals surface area contributed by atoms with Gasteiger partial charge < -0.3 is 5.32 Å². The van der Waals surface area contributed by atoms with Gasteiger partial charge in [-0.1, -0.05) is 34.6 Å². The van der Waals surface area contributed by atoms with Crippen LogP contribution in [0.25, 0.3) is 0 Å². The third kappa shape index (κ3) is 8.78. The van der Waals surface area contributed by atoms with Crippen molar-refractivity contribution in [3.63, 3.8) is 0 Å². The fourth-order valence-corrected chi connectivity index (χ4v) is 1.77. The first-order valence-corrected chi connectivity index (χ1v) is 6.86. The minimum Gasteiger partial charge on any atom is -0.314 e. The molecule has 0 fully saturated rings. The number of halogens is 3. The van der Waals surface area contributed by atoms with E-state index in [0.717, 1.165) is 19.4 Å². The van der Waals surface area contributed by atoms with E-state index in [1.807, 2.05) is 6.92 Å². The topological polar surface area (TPSA) is 12.0 Å². The van der Waals surface area contributed by atoms with Crippen LogP contribution in [-0.2, 0) is 0 Å². The summed E-state index contributed by atoms with van der Waals surface area (Å²) in [7, 11) is 0. The largest absolute Gasteiger partial charge is 0.389 e. The molecule has 0 aliphatic carbocycles. The van der Waals surface area contributed by atoms with E-state index in [1.165, 1.54) is 0 Å². The van der Waals surface area contributed by atoms with Gasteiger partial charge in [0.25, 0.3) is 0 Å². The van der Waals surface area contributed by atoms with E-state index in [1.54, 1.807) is 0 Å². The van der Waals surface area contributed by atoms with Crippen LogP contribution >= 0.6 is 0 Å². The summed E-state index contributed by atoms with van der Waals surface area (Å²) in [4.78, 5) is 0. The van der Waals surface area contributed by atoms with Gasteiger partial charge >= 0.3 is 6.18 Å². The molecule has 4 heteroatoms. The minimum absolute atomic E-state index is 0.0270. The molecule has 0 radical (unpaired) electrons. The van der Waals surface area contributed by atoms with Gasteiger partial charge in [-0.2, -0.15) is 13.2 Å². The summed E-state index contributed by atoms with van der Waals surface area (Å²) >= 11 is 0.